The quantitative estimate of drug-likeness (QED) is 0.731. The van der Waals surface area contributed by atoms with Crippen molar-refractivity contribution in [1.29, 1.82) is 0 Å². The van der Waals surface area contributed by atoms with Gasteiger partial charge in [-0.05, 0) is 49.1 Å². The average molecular weight is 263 g/mol. The Morgan fingerprint density at radius 1 is 1.32 bits per heavy atom. The van der Waals surface area contributed by atoms with Crippen molar-refractivity contribution < 1.29 is 9.47 Å². The van der Waals surface area contributed by atoms with Crippen LogP contribution in [0.25, 0.3) is 0 Å². The molecule has 3 heteroatoms. The van der Waals surface area contributed by atoms with Gasteiger partial charge in [0.15, 0.2) is 0 Å². The second-order valence-electron chi connectivity index (χ2n) is 5.10. The molecule has 106 valence electrons. The molecular weight excluding hydrogens is 238 g/mol. The van der Waals surface area contributed by atoms with E-state index in [2.05, 4.69) is 30.4 Å². The number of rotatable bonds is 8. The molecule has 2 rings (SSSR count). The lowest BCUT2D eigenvalue weighted by Gasteiger charge is -2.14. The van der Waals surface area contributed by atoms with Crippen molar-refractivity contribution in [1.82, 2.24) is 5.32 Å². The molecule has 1 unspecified atom stereocenters. The van der Waals surface area contributed by atoms with Crippen LogP contribution in [0.3, 0.4) is 0 Å². The third kappa shape index (κ3) is 3.95. The van der Waals surface area contributed by atoms with E-state index in [-0.39, 0.29) is 0 Å². The molecule has 0 heterocycles. The minimum absolute atomic E-state index is 0.539. The van der Waals surface area contributed by atoms with Gasteiger partial charge in [-0.1, -0.05) is 13.0 Å². The van der Waals surface area contributed by atoms with Gasteiger partial charge in [-0.3, -0.25) is 0 Å². The van der Waals surface area contributed by atoms with Crippen LogP contribution in [-0.2, 0) is 11.2 Å². The Bertz CT molecular complexity index is 392. The van der Waals surface area contributed by atoms with Gasteiger partial charge in [-0.15, -0.1) is 0 Å². The maximum Gasteiger partial charge on any atom is 0.119 e. The lowest BCUT2D eigenvalue weighted by Crippen LogP contribution is -2.19. The maximum atomic E-state index is 5.75. The van der Waals surface area contributed by atoms with E-state index in [9.17, 15) is 0 Å². The standard InChI is InChI=1S/C16H25NO2/c1-3-9-17-16-8-5-13-12-14(6-7-15(13)16)19-11-4-10-18-2/h6-7,12,16-17H,3-5,8-11H2,1-2H3. The van der Waals surface area contributed by atoms with Crippen LogP contribution in [0.5, 0.6) is 5.75 Å². The van der Waals surface area contributed by atoms with Gasteiger partial charge in [0.1, 0.15) is 5.75 Å². The van der Waals surface area contributed by atoms with Crippen LogP contribution in [0.2, 0.25) is 0 Å². The number of hydrogen-bond acceptors (Lipinski definition) is 3. The summed E-state index contributed by atoms with van der Waals surface area (Å²) in [5.74, 6) is 0.992. The van der Waals surface area contributed by atoms with Crippen molar-refractivity contribution in [2.75, 3.05) is 26.9 Å². The molecule has 0 fully saturated rings. The molecule has 19 heavy (non-hydrogen) atoms. The summed E-state index contributed by atoms with van der Waals surface area (Å²) < 4.78 is 10.8. The van der Waals surface area contributed by atoms with E-state index in [1.54, 1.807) is 7.11 Å². The lowest BCUT2D eigenvalue weighted by atomic mass is 10.1. The normalized spacial score (nSPS) is 17.5. The molecule has 0 saturated carbocycles. The van der Waals surface area contributed by atoms with Gasteiger partial charge in [-0.2, -0.15) is 0 Å². The minimum Gasteiger partial charge on any atom is -0.493 e. The summed E-state index contributed by atoms with van der Waals surface area (Å²) in [6.07, 6.45) is 4.50. The molecule has 0 radical (unpaired) electrons. The summed E-state index contributed by atoms with van der Waals surface area (Å²) in [4.78, 5) is 0. The van der Waals surface area contributed by atoms with E-state index in [4.69, 9.17) is 9.47 Å². The van der Waals surface area contributed by atoms with Crippen LogP contribution in [-0.4, -0.2) is 26.9 Å². The first-order chi connectivity index (χ1) is 9.35. The number of aryl methyl sites for hydroxylation is 1. The highest BCUT2D eigenvalue weighted by atomic mass is 16.5. The number of benzene rings is 1. The Labute approximate surface area is 116 Å². The van der Waals surface area contributed by atoms with Crippen LogP contribution in [0.1, 0.15) is 43.4 Å². The monoisotopic (exact) mass is 263 g/mol. The number of methoxy groups -OCH3 is 1. The Morgan fingerprint density at radius 2 is 2.21 bits per heavy atom. The smallest absolute Gasteiger partial charge is 0.119 e. The molecule has 1 aromatic carbocycles. The summed E-state index contributed by atoms with van der Waals surface area (Å²) in [5, 5.41) is 3.61. The van der Waals surface area contributed by atoms with Gasteiger partial charge >= 0.3 is 0 Å². The van der Waals surface area contributed by atoms with E-state index in [0.717, 1.165) is 38.3 Å². The van der Waals surface area contributed by atoms with Gasteiger partial charge in [0, 0.05) is 26.2 Å². The number of fused-ring (bicyclic) bond motifs is 1. The molecule has 0 aromatic heterocycles. The highest BCUT2D eigenvalue weighted by molar-refractivity contribution is 5.40. The minimum atomic E-state index is 0.539. The average Bonchev–Trinajstić information content (AvgIpc) is 2.84. The van der Waals surface area contributed by atoms with Gasteiger partial charge in [0.05, 0.1) is 6.61 Å². The zero-order valence-electron chi connectivity index (χ0n) is 12.1. The highest BCUT2D eigenvalue weighted by Gasteiger charge is 2.21. The van der Waals surface area contributed by atoms with Crippen LogP contribution >= 0.6 is 0 Å². The SMILES string of the molecule is CCCNC1CCc2cc(OCCCOC)ccc21. The zero-order chi connectivity index (χ0) is 13.5. The molecular formula is C16H25NO2. The third-order valence-corrected chi connectivity index (χ3v) is 3.59. The fraction of sp³-hybridized carbons (Fsp3) is 0.625. The van der Waals surface area contributed by atoms with E-state index in [1.165, 1.54) is 24.0 Å². The Kier molecular flexibility index (Phi) is 5.67. The fourth-order valence-electron chi connectivity index (χ4n) is 2.61. The number of hydrogen-bond donors (Lipinski definition) is 1. The third-order valence-electron chi connectivity index (χ3n) is 3.59. The van der Waals surface area contributed by atoms with E-state index in [1.807, 2.05) is 0 Å². The first-order valence-corrected chi connectivity index (χ1v) is 7.33. The molecule has 3 nitrogen and oxygen atoms in total. The summed E-state index contributed by atoms with van der Waals surface area (Å²) in [6.45, 7) is 4.79. The topological polar surface area (TPSA) is 30.5 Å². The molecule has 0 amide bonds. The lowest BCUT2D eigenvalue weighted by molar-refractivity contribution is 0.172. The predicted octanol–water partition coefficient (Wildman–Crippen LogP) is 3.09. The largest absolute Gasteiger partial charge is 0.493 e. The first kappa shape index (κ1) is 14.4. The molecule has 0 bridgehead atoms. The maximum absolute atomic E-state index is 5.75. The van der Waals surface area contributed by atoms with Crippen molar-refractivity contribution in [3.05, 3.63) is 29.3 Å². The van der Waals surface area contributed by atoms with E-state index < -0.39 is 0 Å². The summed E-state index contributed by atoms with van der Waals surface area (Å²) >= 11 is 0. The Hall–Kier alpha value is -1.06. The molecule has 0 aliphatic heterocycles. The molecule has 1 atom stereocenters. The summed E-state index contributed by atoms with van der Waals surface area (Å²) in [6, 6.07) is 7.06. The Morgan fingerprint density at radius 3 is 3.00 bits per heavy atom. The number of ether oxygens (including phenoxy) is 2. The van der Waals surface area contributed by atoms with Crippen LogP contribution < -0.4 is 10.1 Å². The molecule has 1 N–H and O–H groups in total. The summed E-state index contributed by atoms with van der Waals surface area (Å²) in [5.41, 5.74) is 2.90. The van der Waals surface area contributed by atoms with E-state index in [0.29, 0.717) is 6.04 Å². The van der Waals surface area contributed by atoms with Crippen molar-refractivity contribution in [3.63, 3.8) is 0 Å². The van der Waals surface area contributed by atoms with Crippen LogP contribution in [0, 0.1) is 0 Å². The molecule has 1 aliphatic carbocycles. The van der Waals surface area contributed by atoms with Gasteiger partial charge in [0.2, 0.25) is 0 Å². The number of nitrogens with one attached hydrogen (secondary N) is 1. The molecule has 0 spiro atoms. The zero-order valence-corrected chi connectivity index (χ0v) is 12.1. The fourth-order valence-corrected chi connectivity index (χ4v) is 2.61. The van der Waals surface area contributed by atoms with Crippen molar-refractivity contribution >= 4 is 0 Å². The summed E-state index contributed by atoms with van der Waals surface area (Å²) in [7, 11) is 1.72. The first-order valence-electron chi connectivity index (χ1n) is 7.33. The van der Waals surface area contributed by atoms with Crippen LogP contribution in [0.4, 0.5) is 0 Å². The van der Waals surface area contributed by atoms with Gasteiger partial charge in [0.25, 0.3) is 0 Å². The van der Waals surface area contributed by atoms with Crippen molar-refractivity contribution in [2.24, 2.45) is 0 Å². The molecule has 0 saturated heterocycles. The highest BCUT2D eigenvalue weighted by Crippen LogP contribution is 2.33. The van der Waals surface area contributed by atoms with Gasteiger partial charge < -0.3 is 14.8 Å². The molecule has 1 aliphatic rings. The Balaban J connectivity index is 1.89. The second kappa shape index (κ2) is 7.51. The van der Waals surface area contributed by atoms with Crippen molar-refractivity contribution in [3.8, 4) is 5.75 Å². The van der Waals surface area contributed by atoms with Crippen molar-refractivity contribution in [2.45, 2.75) is 38.6 Å². The predicted molar refractivity (Wildman–Crippen MR) is 77.8 cm³/mol. The van der Waals surface area contributed by atoms with E-state index >= 15 is 0 Å². The van der Waals surface area contributed by atoms with Gasteiger partial charge in [-0.25, -0.2) is 0 Å². The van der Waals surface area contributed by atoms with Crippen LogP contribution in [0.15, 0.2) is 18.2 Å². The second-order valence-corrected chi connectivity index (χ2v) is 5.10. The molecule has 1 aromatic rings.